The zero-order chi connectivity index (χ0) is 12.5. The summed E-state index contributed by atoms with van der Waals surface area (Å²) in [7, 11) is 2.14. The third-order valence-corrected chi connectivity index (χ3v) is 4.51. The fourth-order valence-corrected chi connectivity index (χ4v) is 3.75. The van der Waals surface area contributed by atoms with Crippen LogP contribution in [0.1, 0.15) is 24.8 Å². The highest BCUT2D eigenvalue weighted by atomic mass is 16.4. The molecule has 1 N–H and O–H groups in total. The molecule has 2 aliphatic carbocycles. The Balaban J connectivity index is 1.75. The first-order valence-corrected chi connectivity index (χ1v) is 6.75. The molecule has 96 valence electrons. The topological polar surface area (TPSA) is 35.8 Å². The van der Waals surface area contributed by atoms with Crippen molar-refractivity contribution in [1.82, 2.24) is 4.90 Å². The maximum atomic E-state index is 9.23. The third kappa shape index (κ3) is 1.93. The van der Waals surface area contributed by atoms with Crippen molar-refractivity contribution in [3.05, 3.63) is 35.9 Å². The Morgan fingerprint density at radius 3 is 2.78 bits per heavy atom. The first kappa shape index (κ1) is 11.7. The van der Waals surface area contributed by atoms with E-state index < -0.39 is 0 Å². The molecule has 0 heterocycles. The van der Waals surface area contributed by atoms with Gasteiger partial charge in [-0.05, 0) is 37.8 Å². The van der Waals surface area contributed by atoms with Gasteiger partial charge in [-0.15, -0.1) is 0 Å². The van der Waals surface area contributed by atoms with Crippen LogP contribution in [0.3, 0.4) is 0 Å². The Kier molecular flexibility index (Phi) is 3.08. The largest absolute Gasteiger partial charge is 0.411 e. The minimum Gasteiger partial charge on any atom is -0.411 e. The fraction of sp³-hybridized carbons (Fsp3) is 0.533. The van der Waals surface area contributed by atoms with E-state index in [-0.39, 0.29) is 0 Å². The van der Waals surface area contributed by atoms with E-state index in [2.05, 4.69) is 41.4 Å². The summed E-state index contributed by atoms with van der Waals surface area (Å²) >= 11 is 0. The number of hydrogen-bond donors (Lipinski definition) is 1. The van der Waals surface area contributed by atoms with Gasteiger partial charge in [0.1, 0.15) is 0 Å². The molecule has 0 saturated heterocycles. The molecule has 0 radical (unpaired) electrons. The van der Waals surface area contributed by atoms with E-state index in [4.69, 9.17) is 0 Å². The second-order valence-electron chi connectivity index (χ2n) is 5.64. The van der Waals surface area contributed by atoms with Crippen LogP contribution in [0.15, 0.2) is 35.5 Å². The average Bonchev–Trinajstić information content (AvgIpc) is 2.99. The Labute approximate surface area is 108 Å². The minimum absolute atomic E-state index is 0.342. The molecule has 18 heavy (non-hydrogen) atoms. The van der Waals surface area contributed by atoms with Gasteiger partial charge in [0.2, 0.25) is 0 Å². The summed E-state index contributed by atoms with van der Waals surface area (Å²) in [5.74, 6) is 1.22. The normalized spacial score (nSPS) is 32.6. The molecule has 3 nitrogen and oxygen atoms in total. The SMILES string of the molecule is CN(Cc1ccccc1)[C@H]1/C(=N\O)[C@H]2CC[C@H]1C2. The Morgan fingerprint density at radius 1 is 1.28 bits per heavy atom. The van der Waals surface area contributed by atoms with E-state index in [1.54, 1.807) is 0 Å². The summed E-state index contributed by atoms with van der Waals surface area (Å²) in [4.78, 5) is 2.34. The van der Waals surface area contributed by atoms with Crippen molar-refractivity contribution < 1.29 is 5.21 Å². The first-order chi connectivity index (χ1) is 8.79. The van der Waals surface area contributed by atoms with Crippen LogP contribution in [0.5, 0.6) is 0 Å². The highest BCUT2D eigenvalue weighted by Gasteiger charge is 2.47. The molecule has 2 bridgehead atoms. The quantitative estimate of drug-likeness (QED) is 0.655. The van der Waals surface area contributed by atoms with Crippen LogP contribution in [0.2, 0.25) is 0 Å². The van der Waals surface area contributed by atoms with Crippen LogP contribution < -0.4 is 0 Å². The van der Waals surface area contributed by atoms with Crippen molar-refractivity contribution in [3.63, 3.8) is 0 Å². The van der Waals surface area contributed by atoms with Crippen molar-refractivity contribution in [2.24, 2.45) is 17.0 Å². The van der Waals surface area contributed by atoms with Crippen LogP contribution in [0.4, 0.5) is 0 Å². The van der Waals surface area contributed by atoms with Crippen molar-refractivity contribution in [1.29, 1.82) is 0 Å². The molecule has 1 aromatic rings. The van der Waals surface area contributed by atoms with Crippen LogP contribution in [0, 0.1) is 11.8 Å². The maximum absolute atomic E-state index is 9.23. The Hall–Kier alpha value is -1.35. The number of fused-ring (bicyclic) bond motifs is 2. The summed E-state index contributed by atoms with van der Waals surface area (Å²) in [6.07, 6.45) is 3.70. The summed E-state index contributed by atoms with van der Waals surface area (Å²) in [6, 6.07) is 10.8. The Morgan fingerprint density at radius 2 is 2.06 bits per heavy atom. The number of oxime groups is 1. The summed E-state index contributed by atoms with van der Waals surface area (Å²) in [5.41, 5.74) is 2.34. The van der Waals surface area contributed by atoms with Crippen molar-refractivity contribution in [3.8, 4) is 0 Å². The molecule has 0 aromatic heterocycles. The summed E-state index contributed by atoms with van der Waals surface area (Å²) in [5, 5.41) is 12.8. The van der Waals surface area contributed by atoms with Crippen molar-refractivity contribution >= 4 is 5.71 Å². The first-order valence-electron chi connectivity index (χ1n) is 6.75. The molecule has 0 unspecified atom stereocenters. The second-order valence-corrected chi connectivity index (χ2v) is 5.64. The third-order valence-electron chi connectivity index (χ3n) is 4.51. The second kappa shape index (κ2) is 4.73. The zero-order valence-corrected chi connectivity index (χ0v) is 10.8. The van der Waals surface area contributed by atoms with Gasteiger partial charge in [-0.1, -0.05) is 35.5 Å². The predicted octanol–water partition coefficient (Wildman–Crippen LogP) is 2.75. The molecule has 3 rings (SSSR count). The lowest BCUT2D eigenvalue weighted by Crippen LogP contribution is -2.42. The van der Waals surface area contributed by atoms with E-state index in [1.807, 2.05) is 6.07 Å². The monoisotopic (exact) mass is 244 g/mol. The van der Waals surface area contributed by atoms with Crippen molar-refractivity contribution in [2.45, 2.75) is 31.8 Å². The van der Waals surface area contributed by atoms with E-state index >= 15 is 0 Å². The molecule has 1 aromatic carbocycles. The predicted molar refractivity (Wildman–Crippen MR) is 71.7 cm³/mol. The number of nitrogens with zero attached hydrogens (tertiary/aromatic N) is 2. The van der Waals surface area contributed by atoms with Crippen molar-refractivity contribution in [2.75, 3.05) is 7.05 Å². The molecule has 2 saturated carbocycles. The highest BCUT2D eigenvalue weighted by Crippen LogP contribution is 2.44. The van der Waals surface area contributed by atoms with Crippen LogP contribution in [-0.4, -0.2) is 28.9 Å². The van der Waals surface area contributed by atoms with Gasteiger partial charge < -0.3 is 5.21 Å². The highest BCUT2D eigenvalue weighted by molar-refractivity contribution is 5.94. The van der Waals surface area contributed by atoms with E-state index in [0.717, 1.165) is 12.3 Å². The molecule has 3 heteroatoms. The molecule has 0 aliphatic heterocycles. The number of benzene rings is 1. The molecule has 2 fully saturated rings. The summed E-state index contributed by atoms with van der Waals surface area (Å²) < 4.78 is 0. The molecule has 3 atom stereocenters. The Bertz CT molecular complexity index is 443. The maximum Gasteiger partial charge on any atom is 0.0775 e. The van der Waals surface area contributed by atoms with Gasteiger partial charge in [0, 0.05) is 12.5 Å². The standard InChI is InChI=1S/C15H20N2O/c1-17(10-11-5-3-2-4-6-11)15-13-8-7-12(9-13)14(15)16-18/h2-6,12-13,15,18H,7-10H2,1H3/b16-14-/t12-,13-,15+/m0/s1. The smallest absolute Gasteiger partial charge is 0.0775 e. The van der Waals surface area contributed by atoms with Gasteiger partial charge in [0.05, 0.1) is 11.8 Å². The zero-order valence-electron chi connectivity index (χ0n) is 10.8. The molecule has 2 aliphatic rings. The van der Waals surface area contributed by atoms with Crippen LogP contribution in [0.25, 0.3) is 0 Å². The molecule has 0 amide bonds. The lowest BCUT2D eigenvalue weighted by Gasteiger charge is -2.31. The van der Waals surface area contributed by atoms with Gasteiger partial charge >= 0.3 is 0 Å². The van der Waals surface area contributed by atoms with Crippen LogP contribution in [-0.2, 0) is 6.54 Å². The van der Waals surface area contributed by atoms with E-state index in [0.29, 0.717) is 17.9 Å². The van der Waals surface area contributed by atoms with Gasteiger partial charge in [-0.2, -0.15) is 0 Å². The number of rotatable bonds is 3. The lowest BCUT2D eigenvalue weighted by molar-refractivity contribution is 0.222. The van der Waals surface area contributed by atoms with Gasteiger partial charge in [-0.25, -0.2) is 0 Å². The van der Waals surface area contributed by atoms with Crippen LogP contribution >= 0.6 is 0 Å². The van der Waals surface area contributed by atoms with E-state index in [9.17, 15) is 5.21 Å². The molecular weight excluding hydrogens is 224 g/mol. The van der Waals surface area contributed by atoms with Gasteiger partial charge in [0.25, 0.3) is 0 Å². The van der Waals surface area contributed by atoms with E-state index in [1.165, 1.54) is 24.8 Å². The molecule has 0 spiro atoms. The van der Waals surface area contributed by atoms with Gasteiger partial charge in [-0.3, -0.25) is 4.90 Å². The lowest BCUT2D eigenvalue weighted by atomic mass is 9.92. The number of hydrogen-bond acceptors (Lipinski definition) is 3. The van der Waals surface area contributed by atoms with Gasteiger partial charge in [0.15, 0.2) is 0 Å². The minimum atomic E-state index is 0.342. The fourth-order valence-electron chi connectivity index (χ4n) is 3.75. The molecular formula is C15H20N2O. The average molecular weight is 244 g/mol. The summed E-state index contributed by atoms with van der Waals surface area (Å²) in [6.45, 7) is 0.924.